The monoisotopic (exact) mass is 278 g/mol. The Bertz CT molecular complexity index is 482. The summed E-state index contributed by atoms with van der Waals surface area (Å²) in [6, 6.07) is 4.71. The molecule has 1 aromatic rings. The molecule has 1 atom stereocenters. The number of hydrogen-bond acceptors (Lipinski definition) is 4. The Morgan fingerprint density at radius 3 is 2.45 bits per heavy atom. The average molecular weight is 278 g/mol. The maximum Gasteiger partial charge on any atom is 0.225 e. The second-order valence-electron chi connectivity index (χ2n) is 5.56. The summed E-state index contributed by atoms with van der Waals surface area (Å²) in [5.74, 6) is -0.235. The van der Waals surface area contributed by atoms with Crippen molar-refractivity contribution in [1.82, 2.24) is 9.80 Å². The van der Waals surface area contributed by atoms with Crippen LogP contribution in [0.1, 0.15) is 12.5 Å². The van der Waals surface area contributed by atoms with Crippen LogP contribution in [-0.4, -0.2) is 59.1 Å². The molecule has 5 nitrogen and oxygen atoms in total. The molecule has 1 heterocycles. The SMILES string of the molecule is CC(Cc1ccc(O)c(O)c1)C(=O)N1CCN(C)CC1. The van der Waals surface area contributed by atoms with E-state index in [-0.39, 0.29) is 23.3 Å². The van der Waals surface area contributed by atoms with Crippen LogP contribution in [0.2, 0.25) is 0 Å². The number of carbonyl (C=O) groups excluding carboxylic acids is 1. The van der Waals surface area contributed by atoms with Gasteiger partial charge in [0.15, 0.2) is 11.5 Å². The van der Waals surface area contributed by atoms with Crippen LogP contribution in [0.25, 0.3) is 0 Å². The molecule has 0 aromatic heterocycles. The Labute approximate surface area is 119 Å². The molecule has 0 aliphatic carbocycles. The van der Waals surface area contributed by atoms with Crippen LogP contribution in [0.15, 0.2) is 18.2 Å². The van der Waals surface area contributed by atoms with Gasteiger partial charge >= 0.3 is 0 Å². The lowest BCUT2D eigenvalue weighted by Gasteiger charge is -2.34. The molecule has 1 aliphatic heterocycles. The molecule has 0 saturated carbocycles. The number of hydrogen-bond donors (Lipinski definition) is 2. The van der Waals surface area contributed by atoms with E-state index in [1.54, 1.807) is 6.07 Å². The fourth-order valence-electron chi connectivity index (χ4n) is 2.48. The van der Waals surface area contributed by atoms with E-state index in [0.717, 1.165) is 31.7 Å². The molecule has 1 saturated heterocycles. The Morgan fingerprint density at radius 1 is 1.20 bits per heavy atom. The highest BCUT2D eigenvalue weighted by Crippen LogP contribution is 2.26. The fourth-order valence-corrected chi connectivity index (χ4v) is 2.48. The number of rotatable bonds is 3. The maximum absolute atomic E-state index is 12.4. The minimum Gasteiger partial charge on any atom is -0.504 e. The molecule has 1 aliphatic rings. The predicted molar refractivity (Wildman–Crippen MR) is 76.7 cm³/mol. The molecule has 0 bridgehead atoms. The van der Waals surface area contributed by atoms with Crippen LogP contribution in [0.4, 0.5) is 0 Å². The van der Waals surface area contributed by atoms with Gasteiger partial charge in [0, 0.05) is 32.1 Å². The largest absolute Gasteiger partial charge is 0.504 e. The number of carbonyl (C=O) groups is 1. The molecule has 110 valence electrons. The summed E-state index contributed by atoms with van der Waals surface area (Å²) in [6.45, 7) is 5.29. The van der Waals surface area contributed by atoms with Crippen molar-refractivity contribution in [3.8, 4) is 11.5 Å². The maximum atomic E-state index is 12.4. The van der Waals surface area contributed by atoms with E-state index in [1.807, 2.05) is 11.8 Å². The molecule has 2 N–H and O–H groups in total. The van der Waals surface area contributed by atoms with Gasteiger partial charge in [-0.2, -0.15) is 0 Å². The summed E-state index contributed by atoms with van der Waals surface area (Å²) in [6.07, 6.45) is 0.568. The highest BCUT2D eigenvalue weighted by molar-refractivity contribution is 5.79. The molecule has 0 radical (unpaired) electrons. The fraction of sp³-hybridized carbons (Fsp3) is 0.533. The first-order valence-corrected chi connectivity index (χ1v) is 6.95. The Balaban J connectivity index is 1.95. The molecule has 1 unspecified atom stereocenters. The topological polar surface area (TPSA) is 64.0 Å². The van der Waals surface area contributed by atoms with Crippen molar-refractivity contribution in [2.45, 2.75) is 13.3 Å². The van der Waals surface area contributed by atoms with Crippen molar-refractivity contribution < 1.29 is 15.0 Å². The van der Waals surface area contributed by atoms with Crippen molar-refractivity contribution >= 4 is 5.91 Å². The van der Waals surface area contributed by atoms with Crippen molar-refractivity contribution in [3.63, 3.8) is 0 Å². The molecule has 1 fully saturated rings. The minimum atomic E-state index is -0.137. The molecular formula is C15H22N2O3. The number of piperazine rings is 1. The Kier molecular flexibility index (Phi) is 4.49. The van der Waals surface area contributed by atoms with Gasteiger partial charge in [-0.05, 0) is 31.2 Å². The van der Waals surface area contributed by atoms with Gasteiger partial charge in [-0.3, -0.25) is 4.79 Å². The third kappa shape index (κ3) is 3.42. The van der Waals surface area contributed by atoms with Crippen LogP contribution in [0.3, 0.4) is 0 Å². The third-order valence-electron chi connectivity index (χ3n) is 3.82. The zero-order chi connectivity index (χ0) is 14.7. The van der Waals surface area contributed by atoms with Gasteiger partial charge in [0.25, 0.3) is 0 Å². The summed E-state index contributed by atoms with van der Waals surface area (Å²) in [4.78, 5) is 16.5. The van der Waals surface area contributed by atoms with Gasteiger partial charge in [0.2, 0.25) is 5.91 Å². The highest BCUT2D eigenvalue weighted by Gasteiger charge is 2.23. The first-order valence-electron chi connectivity index (χ1n) is 6.95. The predicted octanol–water partition coefficient (Wildman–Crippen LogP) is 1.05. The van der Waals surface area contributed by atoms with Gasteiger partial charge in [-0.25, -0.2) is 0 Å². The van der Waals surface area contributed by atoms with Crippen molar-refractivity contribution in [1.29, 1.82) is 0 Å². The Morgan fingerprint density at radius 2 is 1.85 bits per heavy atom. The van der Waals surface area contributed by atoms with Crippen LogP contribution in [0, 0.1) is 5.92 Å². The van der Waals surface area contributed by atoms with E-state index in [2.05, 4.69) is 11.9 Å². The second-order valence-corrected chi connectivity index (χ2v) is 5.56. The number of phenols is 2. The van der Waals surface area contributed by atoms with E-state index in [1.165, 1.54) is 12.1 Å². The third-order valence-corrected chi connectivity index (χ3v) is 3.82. The first kappa shape index (κ1) is 14.7. The van der Waals surface area contributed by atoms with Gasteiger partial charge in [-0.1, -0.05) is 13.0 Å². The quantitative estimate of drug-likeness (QED) is 0.811. The van der Waals surface area contributed by atoms with E-state index >= 15 is 0 Å². The highest BCUT2D eigenvalue weighted by atomic mass is 16.3. The summed E-state index contributed by atoms with van der Waals surface area (Å²) >= 11 is 0. The average Bonchev–Trinajstić information content (AvgIpc) is 2.43. The van der Waals surface area contributed by atoms with E-state index in [0.29, 0.717) is 6.42 Å². The number of phenolic OH excluding ortho intramolecular Hbond substituents is 2. The summed E-state index contributed by atoms with van der Waals surface area (Å²) in [7, 11) is 2.06. The normalized spacial score (nSPS) is 18.0. The number of benzene rings is 1. The van der Waals surface area contributed by atoms with Gasteiger partial charge in [-0.15, -0.1) is 0 Å². The molecule has 1 aromatic carbocycles. The van der Waals surface area contributed by atoms with E-state index in [4.69, 9.17) is 0 Å². The number of likely N-dealkylation sites (N-methyl/N-ethyl adjacent to an activating group) is 1. The smallest absolute Gasteiger partial charge is 0.225 e. The van der Waals surface area contributed by atoms with Gasteiger partial charge in [0.05, 0.1) is 0 Å². The van der Waals surface area contributed by atoms with Crippen molar-refractivity contribution in [2.75, 3.05) is 33.2 Å². The summed E-state index contributed by atoms with van der Waals surface area (Å²) in [5.41, 5.74) is 0.857. The second kappa shape index (κ2) is 6.13. The van der Waals surface area contributed by atoms with Gasteiger partial charge < -0.3 is 20.0 Å². The summed E-state index contributed by atoms with van der Waals surface area (Å²) < 4.78 is 0. The number of amides is 1. The van der Waals surface area contributed by atoms with Gasteiger partial charge in [0.1, 0.15) is 0 Å². The summed E-state index contributed by atoms with van der Waals surface area (Å²) in [5, 5.41) is 18.8. The number of nitrogens with zero attached hydrogens (tertiary/aromatic N) is 2. The molecule has 5 heteroatoms. The zero-order valence-electron chi connectivity index (χ0n) is 12.0. The lowest BCUT2D eigenvalue weighted by Crippen LogP contribution is -2.48. The zero-order valence-corrected chi connectivity index (χ0v) is 12.0. The molecule has 20 heavy (non-hydrogen) atoms. The van der Waals surface area contributed by atoms with E-state index < -0.39 is 0 Å². The van der Waals surface area contributed by atoms with Crippen molar-refractivity contribution in [3.05, 3.63) is 23.8 Å². The Hall–Kier alpha value is -1.75. The van der Waals surface area contributed by atoms with Crippen LogP contribution >= 0.6 is 0 Å². The molecule has 1 amide bonds. The minimum absolute atomic E-state index is 0.123. The van der Waals surface area contributed by atoms with Crippen LogP contribution in [-0.2, 0) is 11.2 Å². The van der Waals surface area contributed by atoms with E-state index in [9.17, 15) is 15.0 Å². The molecular weight excluding hydrogens is 256 g/mol. The van der Waals surface area contributed by atoms with Crippen LogP contribution in [0.5, 0.6) is 11.5 Å². The molecule has 0 spiro atoms. The van der Waals surface area contributed by atoms with Crippen LogP contribution < -0.4 is 0 Å². The molecule has 2 rings (SSSR count). The lowest BCUT2D eigenvalue weighted by atomic mass is 9.99. The standard InChI is InChI=1S/C15H22N2O3/c1-11(9-12-3-4-13(18)14(19)10-12)15(20)17-7-5-16(2)6-8-17/h3-4,10-11,18-19H,5-9H2,1-2H3. The lowest BCUT2D eigenvalue weighted by molar-refractivity contribution is -0.136. The van der Waals surface area contributed by atoms with Crippen molar-refractivity contribution in [2.24, 2.45) is 5.92 Å². The first-order chi connectivity index (χ1) is 9.47. The number of aromatic hydroxyl groups is 2.